The molecule has 8 heteroatoms. The van der Waals surface area contributed by atoms with Gasteiger partial charge in [0.25, 0.3) is 0 Å². The van der Waals surface area contributed by atoms with Gasteiger partial charge in [0.2, 0.25) is 10.0 Å². The summed E-state index contributed by atoms with van der Waals surface area (Å²) < 4.78 is 42.8. The molecule has 1 aromatic heterocycles. The molecule has 124 valence electrons. The summed E-state index contributed by atoms with van der Waals surface area (Å²) in [5, 5.41) is 7.53. The third-order valence-corrected chi connectivity index (χ3v) is 5.46. The van der Waals surface area contributed by atoms with Gasteiger partial charge in [-0.15, -0.1) is 0 Å². The Hall–Kier alpha value is -1.93. The maximum atomic E-state index is 13.5. The Morgan fingerprint density at radius 3 is 2.78 bits per heavy atom. The molecule has 2 N–H and O–H groups in total. The van der Waals surface area contributed by atoms with Crippen molar-refractivity contribution in [3.63, 3.8) is 0 Å². The van der Waals surface area contributed by atoms with E-state index in [4.69, 9.17) is 0 Å². The van der Waals surface area contributed by atoms with Gasteiger partial charge in [-0.2, -0.15) is 5.10 Å². The molecule has 1 atom stereocenters. The van der Waals surface area contributed by atoms with Crippen LogP contribution >= 0.6 is 0 Å². The summed E-state index contributed by atoms with van der Waals surface area (Å²) in [7, 11) is -1.92. The molecule has 2 aromatic rings. The zero-order valence-corrected chi connectivity index (χ0v) is 14.0. The topological polar surface area (TPSA) is 76.0 Å². The first-order valence-corrected chi connectivity index (χ1v) is 8.80. The molecule has 2 heterocycles. The third kappa shape index (κ3) is 3.09. The molecule has 0 saturated carbocycles. The Bertz CT molecular complexity index is 840. The number of benzene rings is 1. The number of hydrogen-bond acceptors (Lipinski definition) is 4. The molecule has 0 bridgehead atoms. The van der Waals surface area contributed by atoms with Crippen molar-refractivity contribution in [2.24, 2.45) is 7.05 Å². The number of rotatable bonds is 3. The molecule has 0 fully saturated rings. The van der Waals surface area contributed by atoms with Crippen LogP contribution in [0.2, 0.25) is 0 Å². The van der Waals surface area contributed by atoms with Gasteiger partial charge in [0, 0.05) is 25.2 Å². The highest BCUT2D eigenvalue weighted by atomic mass is 32.2. The number of sulfonamides is 1. The van der Waals surface area contributed by atoms with Crippen molar-refractivity contribution in [2.45, 2.75) is 31.2 Å². The minimum absolute atomic E-state index is 0.0521. The monoisotopic (exact) mass is 338 g/mol. The first kappa shape index (κ1) is 15.9. The van der Waals surface area contributed by atoms with E-state index < -0.39 is 15.8 Å². The van der Waals surface area contributed by atoms with Crippen molar-refractivity contribution < 1.29 is 12.8 Å². The van der Waals surface area contributed by atoms with Gasteiger partial charge in [-0.3, -0.25) is 4.68 Å². The number of aryl methyl sites for hydroxylation is 3. The predicted octanol–water partition coefficient (Wildman–Crippen LogP) is 1.49. The molecule has 23 heavy (non-hydrogen) atoms. The van der Waals surface area contributed by atoms with E-state index in [1.54, 1.807) is 11.6 Å². The third-order valence-electron chi connectivity index (χ3n) is 3.96. The second kappa shape index (κ2) is 5.61. The van der Waals surface area contributed by atoms with Crippen molar-refractivity contribution in [1.82, 2.24) is 14.5 Å². The van der Waals surface area contributed by atoms with E-state index in [1.807, 2.05) is 14.0 Å². The number of aromatic nitrogens is 2. The lowest BCUT2D eigenvalue weighted by molar-refractivity contribution is 0.545. The number of nitrogens with one attached hydrogen (secondary N) is 2. The van der Waals surface area contributed by atoms with Crippen LogP contribution in [0.25, 0.3) is 0 Å². The van der Waals surface area contributed by atoms with Crippen molar-refractivity contribution in [2.75, 3.05) is 11.9 Å². The molecule has 0 aliphatic carbocycles. The fourth-order valence-electron chi connectivity index (χ4n) is 2.93. The number of anilines is 1. The van der Waals surface area contributed by atoms with Crippen LogP contribution in [0.1, 0.15) is 16.8 Å². The van der Waals surface area contributed by atoms with Crippen molar-refractivity contribution >= 4 is 15.8 Å². The molecule has 0 radical (unpaired) electrons. The SMILES string of the molecule is Cc1cc(F)cc(S(=O)(=O)NC2CNc3c(c(C)nn3C)C2)c1. The lowest BCUT2D eigenvalue weighted by Crippen LogP contribution is -2.43. The van der Waals surface area contributed by atoms with Gasteiger partial charge in [0.05, 0.1) is 10.6 Å². The van der Waals surface area contributed by atoms with Crippen LogP contribution in [-0.4, -0.2) is 30.8 Å². The van der Waals surface area contributed by atoms with Gasteiger partial charge < -0.3 is 5.32 Å². The smallest absolute Gasteiger partial charge is 0.241 e. The lowest BCUT2D eigenvalue weighted by Gasteiger charge is -2.25. The Morgan fingerprint density at radius 2 is 2.09 bits per heavy atom. The van der Waals surface area contributed by atoms with Gasteiger partial charge in [-0.05, 0) is 44.0 Å². The van der Waals surface area contributed by atoms with E-state index in [1.165, 1.54) is 12.1 Å². The highest BCUT2D eigenvalue weighted by Crippen LogP contribution is 2.25. The van der Waals surface area contributed by atoms with Crippen molar-refractivity contribution in [3.05, 3.63) is 40.8 Å². The second-order valence-corrected chi connectivity index (χ2v) is 7.62. The predicted molar refractivity (Wildman–Crippen MR) is 85.4 cm³/mol. The van der Waals surface area contributed by atoms with Crippen molar-refractivity contribution in [3.8, 4) is 0 Å². The molecule has 1 unspecified atom stereocenters. The largest absolute Gasteiger partial charge is 0.368 e. The van der Waals surface area contributed by atoms with E-state index in [2.05, 4.69) is 15.1 Å². The van der Waals surface area contributed by atoms with E-state index in [-0.39, 0.29) is 10.9 Å². The van der Waals surface area contributed by atoms with Crippen LogP contribution in [0.15, 0.2) is 23.1 Å². The maximum absolute atomic E-state index is 13.5. The van der Waals surface area contributed by atoms with Gasteiger partial charge in [-0.1, -0.05) is 0 Å². The minimum Gasteiger partial charge on any atom is -0.368 e. The zero-order valence-electron chi connectivity index (χ0n) is 13.2. The molecule has 1 aliphatic heterocycles. The Kier molecular flexibility index (Phi) is 3.89. The quantitative estimate of drug-likeness (QED) is 0.889. The summed E-state index contributed by atoms with van der Waals surface area (Å²) in [5.74, 6) is 0.358. The Labute approximate surface area is 134 Å². The molecular weight excluding hydrogens is 319 g/mol. The average Bonchev–Trinajstić information content (AvgIpc) is 2.72. The first-order chi connectivity index (χ1) is 10.8. The molecule has 3 rings (SSSR count). The lowest BCUT2D eigenvalue weighted by atomic mass is 10.0. The van der Waals surface area contributed by atoms with E-state index in [9.17, 15) is 12.8 Å². The molecule has 1 aliphatic rings. The Morgan fingerprint density at radius 1 is 1.35 bits per heavy atom. The van der Waals surface area contributed by atoms with E-state index >= 15 is 0 Å². The van der Waals surface area contributed by atoms with E-state index in [0.29, 0.717) is 18.5 Å². The van der Waals surface area contributed by atoms with Crippen molar-refractivity contribution in [1.29, 1.82) is 0 Å². The first-order valence-electron chi connectivity index (χ1n) is 7.32. The maximum Gasteiger partial charge on any atom is 0.241 e. The van der Waals surface area contributed by atoms with Crippen LogP contribution in [0.3, 0.4) is 0 Å². The second-order valence-electron chi connectivity index (χ2n) is 5.90. The van der Waals surface area contributed by atoms with Gasteiger partial charge in [0.1, 0.15) is 11.6 Å². The number of halogens is 1. The summed E-state index contributed by atoms with van der Waals surface area (Å²) in [5.41, 5.74) is 2.44. The average molecular weight is 338 g/mol. The summed E-state index contributed by atoms with van der Waals surface area (Å²) in [6, 6.07) is 3.49. The Balaban J connectivity index is 1.83. The van der Waals surface area contributed by atoms with Gasteiger partial charge >= 0.3 is 0 Å². The molecule has 0 spiro atoms. The molecule has 6 nitrogen and oxygen atoms in total. The highest BCUT2D eigenvalue weighted by molar-refractivity contribution is 7.89. The fourth-order valence-corrected chi connectivity index (χ4v) is 4.29. The summed E-state index contributed by atoms with van der Waals surface area (Å²) >= 11 is 0. The number of hydrogen-bond donors (Lipinski definition) is 2. The fraction of sp³-hybridized carbons (Fsp3) is 0.400. The van der Waals surface area contributed by atoms with Crippen LogP contribution in [0.4, 0.5) is 10.2 Å². The molecule has 1 aromatic carbocycles. The highest BCUT2D eigenvalue weighted by Gasteiger charge is 2.27. The van der Waals surface area contributed by atoms with E-state index in [0.717, 1.165) is 23.1 Å². The number of nitrogens with zero attached hydrogens (tertiary/aromatic N) is 2. The normalized spacial score (nSPS) is 17.7. The molecular formula is C15H19FN4O2S. The van der Waals surface area contributed by atoms with Gasteiger partial charge in [-0.25, -0.2) is 17.5 Å². The minimum atomic E-state index is -3.77. The van der Waals surface area contributed by atoms with Crippen LogP contribution < -0.4 is 10.0 Å². The van der Waals surface area contributed by atoms with Gasteiger partial charge in [0.15, 0.2) is 0 Å². The van der Waals surface area contributed by atoms with Crippen LogP contribution in [0, 0.1) is 19.7 Å². The standard InChI is InChI=1S/C15H19FN4O2S/c1-9-4-11(16)6-13(5-9)23(21,22)19-12-7-14-10(2)18-20(3)15(14)17-8-12/h4-6,12,17,19H,7-8H2,1-3H3. The summed E-state index contributed by atoms with van der Waals surface area (Å²) in [6.07, 6.45) is 0.551. The zero-order chi connectivity index (χ0) is 16.8. The number of fused-ring (bicyclic) bond motifs is 1. The summed E-state index contributed by atoms with van der Waals surface area (Å²) in [6.45, 7) is 4.02. The molecule has 0 amide bonds. The summed E-state index contributed by atoms with van der Waals surface area (Å²) in [4.78, 5) is -0.0521. The van der Waals surface area contributed by atoms with Crippen LogP contribution in [0.5, 0.6) is 0 Å². The molecule has 0 saturated heterocycles. The van der Waals surface area contributed by atoms with Crippen LogP contribution in [-0.2, 0) is 23.5 Å².